The van der Waals surface area contributed by atoms with Gasteiger partial charge in [-0.1, -0.05) is 27.2 Å². The lowest BCUT2D eigenvalue weighted by atomic mass is 9.85. The van der Waals surface area contributed by atoms with Crippen molar-refractivity contribution < 1.29 is 4.74 Å². The highest BCUT2D eigenvalue weighted by molar-refractivity contribution is 4.80. The third-order valence-electron chi connectivity index (χ3n) is 4.60. The Morgan fingerprint density at radius 3 is 2.42 bits per heavy atom. The summed E-state index contributed by atoms with van der Waals surface area (Å²) in [6.45, 7) is 11.3. The number of ether oxygens (including phenoxy) is 1. The third kappa shape index (κ3) is 5.05. The van der Waals surface area contributed by atoms with Crippen molar-refractivity contribution in [1.29, 1.82) is 0 Å². The Morgan fingerprint density at radius 1 is 1.11 bits per heavy atom. The van der Waals surface area contributed by atoms with E-state index in [0.717, 1.165) is 19.0 Å². The van der Waals surface area contributed by atoms with E-state index in [-0.39, 0.29) is 0 Å². The Labute approximate surface area is 119 Å². The van der Waals surface area contributed by atoms with Crippen molar-refractivity contribution in [3.63, 3.8) is 0 Å². The molecule has 2 aliphatic rings. The molecule has 2 atom stereocenters. The molecule has 1 aliphatic heterocycles. The van der Waals surface area contributed by atoms with Gasteiger partial charge in [-0.15, -0.1) is 0 Å². The van der Waals surface area contributed by atoms with Crippen molar-refractivity contribution >= 4 is 0 Å². The second kappa shape index (κ2) is 7.61. The zero-order valence-electron chi connectivity index (χ0n) is 13.0. The van der Waals surface area contributed by atoms with Gasteiger partial charge >= 0.3 is 0 Å². The van der Waals surface area contributed by atoms with Gasteiger partial charge in [-0.25, -0.2) is 0 Å². The number of hydrogen-bond donors (Lipinski definition) is 1. The second-order valence-electron chi connectivity index (χ2n) is 6.67. The topological polar surface area (TPSA) is 24.5 Å². The molecule has 0 spiro atoms. The summed E-state index contributed by atoms with van der Waals surface area (Å²) in [6, 6.07) is 0.563. The molecule has 1 heterocycles. The fraction of sp³-hybridized carbons (Fsp3) is 1.00. The summed E-state index contributed by atoms with van der Waals surface area (Å²) < 4.78 is 6.17. The maximum Gasteiger partial charge on any atom is 0.0707 e. The highest BCUT2D eigenvalue weighted by Crippen LogP contribution is 2.28. The fourth-order valence-corrected chi connectivity index (χ4v) is 3.09. The van der Waals surface area contributed by atoms with Gasteiger partial charge in [0.1, 0.15) is 0 Å². The lowest BCUT2D eigenvalue weighted by Gasteiger charge is -2.33. The van der Waals surface area contributed by atoms with Crippen LogP contribution in [0.1, 0.15) is 52.9 Å². The molecule has 0 aromatic heterocycles. The molecule has 1 aliphatic carbocycles. The summed E-state index contributed by atoms with van der Waals surface area (Å²) in [5.41, 5.74) is 0. The quantitative estimate of drug-likeness (QED) is 0.732. The molecule has 19 heavy (non-hydrogen) atoms. The highest BCUT2D eigenvalue weighted by Gasteiger charge is 2.28. The van der Waals surface area contributed by atoms with E-state index in [4.69, 9.17) is 4.74 Å². The Kier molecular flexibility index (Phi) is 6.11. The third-order valence-corrected chi connectivity index (χ3v) is 4.60. The van der Waals surface area contributed by atoms with Gasteiger partial charge in [0.15, 0.2) is 0 Å². The molecule has 0 bridgehead atoms. The number of hydrogen-bond acceptors (Lipinski definition) is 3. The van der Waals surface area contributed by atoms with Crippen LogP contribution in [-0.4, -0.2) is 49.3 Å². The zero-order chi connectivity index (χ0) is 13.7. The Bertz CT molecular complexity index is 253. The number of rotatable bonds is 8. The van der Waals surface area contributed by atoms with Crippen LogP contribution < -0.4 is 5.32 Å². The Balaban J connectivity index is 1.64. The van der Waals surface area contributed by atoms with Crippen LogP contribution in [0.2, 0.25) is 0 Å². The van der Waals surface area contributed by atoms with Gasteiger partial charge in [-0.05, 0) is 38.1 Å². The average molecular weight is 268 g/mol. The molecule has 2 unspecified atom stereocenters. The van der Waals surface area contributed by atoms with Crippen molar-refractivity contribution in [2.45, 2.75) is 71.1 Å². The van der Waals surface area contributed by atoms with Crippen molar-refractivity contribution in [2.24, 2.45) is 5.92 Å². The number of likely N-dealkylation sites (N-methyl/N-ethyl adjacent to an activating group) is 1. The van der Waals surface area contributed by atoms with Crippen LogP contribution in [0.5, 0.6) is 0 Å². The minimum absolute atomic E-state index is 0.440. The molecule has 112 valence electrons. The lowest BCUT2D eigenvalue weighted by molar-refractivity contribution is 0.0181. The number of nitrogens with zero attached hydrogens (tertiary/aromatic N) is 1. The summed E-state index contributed by atoms with van der Waals surface area (Å²) in [5, 5.41) is 3.49. The standard InChI is InChI=1S/C16H32N2O/c1-4-18(11-14-6-5-7-14)12-16-9-8-15(19-16)10-17-13(2)3/h13-17H,4-12H2,1-3H3. The molecule has 1 saturated carbocycles. The molecular formula is C16H32N2O. The van der Waals surface area contributed by atoms with Gasteiger partial charge in [-0.3, -0.25) is 0 Å². The van der Waals surface area contributed by atoms with Crippen LogP contribution in [0.4, 0.5) is 0 Å². The predicted molar refractivity (Wildman–Crippen MR) is 80.5 cm³/mol. The molecule has 0 amide bonds. The Morgan fingerprint density at radius 2 is 1.84 bits per heavy atom. The van der Waals surface area contributed by atoms with Crippen molar-refractivity contribution in [2.75, 3.05) is 26.2 Å². The SMILES string of the molecule is CCN(CC1CCC1)CC1CCC(CNC(C)C)O1. The largest absolute Gasteiger partial charge is 0.372 e. The van der Waals surface area contributed by atoms with E-state index in [1.165, 1.54) is 45.2 Å². The molecule has 1 N–H and O–H groups in total. The fourth-order valence-electron chi connectivity index (χ4n) is 3.09. The van der Waals surface area contributed by atoms with E-state index in [2.05, 4.69) is 31.0 Å². The second-order valence-corrected chi connectivity index (χ2v) is 6.67. The normalized spacial score (nSPS) is 28.3. The van der Waals surface area contributed by atoms with Gasteiger partial charge < -0.3 is 15.0 Å². The molecule has 3 nitrogen and oxygen atoms in total. The van der Waals surface area contributed by atoms with Crippen LogP contribution >= 0.6 is 0 Å². The molecule has 0 aromatic carbocycles. The molecular weight excluding hydrogens is 236 g/mol. The first kappa shape index (κ1) is 15.3. The molecule has 3 heteroatoms. The van der Waals surface area contributed by atoms with Crippen LogP contribution in [0.15, 0.2) is 0 Å². The summed E-state index contributed by atoms with van der Waals surface area (Å²) in [5.74, 6) is 0.972. The monoisotopic (exact) mass is 268 g/mol. The molecule has 0 radical (unpaired) electrons. The highest BCUT2D eigenvalue weighted by atomic mass is 16.5. The lowest BCUT2D eigenvalue weighted by Crippen LogP contribution is -2.38. The van der Waals surface area contributed by atoms with E-state index in [1.807, 2.05) is 0 Å². The van der Waals surface area contributed by atoms with Crippen LogP contribution in [0.25, 0.3) is 0 Å². The Hall–Kier alpha value is -0.120. The van der Waals surface area contributed by atoms with Gasteiger partial charge in [-0.2, -0.15) is 0 Å². The zero-order valence-corrected chi connectivity index (χ0v) is 13.0. The van der Waals surface area contributed by atoms with Crippen molar-refractivity contribution in [1.82, 2.24) is 10.2 Å². The summed E-state index contributed by atoms with van der Waals surface area (Å²) >= 11 is 0. The predicted octanol–water partition coefficient (Wildman–Crippen LogP) is 2.65. The molecule has 0 aromatic rings. The van der Waals surface area contributed by atoms with E-state index in [1.54, 1.807) is 0 Å². The minimum atomic E-state index is 0.440. The molecule has 1 saturated heterocycles. The van der Waals surface area contributed by atoms with Crippen molar-refractivity contribution in [3.8, 4) is 0 Å². The summed E-state index contributed by atoms with van der Waals surface area (Å²) in [7, 11) is 0. The summed E-state index contributed by atoms with van der Waals surface area (Å²) in [4.78, 5) is 2.60. The maximum absolute atomic E-state index is 6.17. The van der Waals surface area contributed by atoms with E-state index in [0.29, 0.717) is 18.2 Å². The van der Waals surface area contributed by atoms with E-state index < -0.39 is 0 Å². The van der Waals surface area contributed by atoms with E-state index >= 15 is 0 Å². The first-order chi connectivity index (χ1) is 9.17. The van der Waals surface area contributed by atoms with Gasteiger partial charge in [0, 0.05) is 25.7 Å². The number of nitrogens with one attached hydrogen (secondary N) is 1. The van der Waals surface area contributed by atoms with E-state index in [9.17, 15) is 0 Å². The van der Waals surface area contributed by atoms with Crippen LogP contribution in [-0.2, 0) is 4.74 Å². The van der Waals surface area contributed by atoms with Crippen LogP contribution in [0.3, 0.4) is 0 Å². The van der Waals surface area contributed by atoms with Crippen LogP contribution in [0, 0.1) is 5.92 Å². The first-order valence-electron chi connectivity index (χ1n) is 8.28. The first-order valence-corrected chi connectivity index (χ1v) is 8.28. The van der Waals surface area contributed by atoms with Crippen molar-refractivity contribution in [3.05, 3.63) is 0 Å². The maximum atomic E-state index is 6.17. The molecule has 2 fully saturated rings. The van der Waals surface area contributed by atoms with Gasteiger partial charge in [0.05, 0.1) is 12.2 Å². The minimum Gasteiger partial charge on any atom is -0.372 e. The molecule has 2 rings (SSSR count). The summed E-state index contributed by atoms with van der Waals surface area (Å²) in [6.07, 6.45) is 7.72. The average Bonchev–Trinajstić information content (AvgIpc) is 2.77. The van der Waals surface area contributed by atoms with Gasteiger partial charge in [0.2, 0.25) is 0 Å². The van der Waals surface area contributed by atoms with Gasteiger partial charge in [0.25, 0.3) is 0 Å². The smallest absolute Gasteiger partial charge is 0.0707 e.